The van der Waals surface area contributed by atoms with Crippen LogP contribution in [0.1, 0.15) is 11.8 Å². The van der Waals surface area contributed by atoms with Gasteiger partial charge in [0.05, 0.1) is 21.0 Å². The zero-order valence-electron chi connectivity index (χ0n) is 19.5. The van der Waals surface area contributed by atoms with Crippen LogP contribution in [0, 0.1) is 0 Å². The van der Waals surface area contributed by atoms with E-state index in [4.69, 9.17) is 9.57 Å². The van der Waals surface area contributed by atoms with Gasteiger partial charge >= 0.3 is 5.69 Å². The van der Waals surface area contributed by atoms with Crippen LogP contribution in [-0.2, 0) is 34.1 Å². The smallest absolute Gasteiger partial charge is 0.351 e. The van der Waals surface area contributed by atoms with Gasteiger partial charge in [0.1, 0.15) is 18.3 Å². The average molecular weight is 560 g/mol. The summed E-state index contributed by atoms with van der Waals surface area (Å²) in [5.41, 5.74) is 2.45. The van der Waals surface area contributed by atoms with Crippen molar-refractivity contribution in [3.8, 4) is 0 Å². The highest BCUT2D eigenvalue weighted by Crippen LogP contribution is 2.50. The molecule has 18 nitrogen and oxygen atoms in total. The van der Waals surface area contributed by atoms with Gasteiger partial charge in [-0.3, -0.25) is 18.3 Å². The first-order chi connectivity index (χ1) is 15.5. The summed E-state index contributed by atoms with van der Waals surface area (Å²) in [5, 5.41) is 20.2. The lowest BCUT2D eigenvalue weighted by atomic mass is 10.1. The molecule has 1 unspecified atom stereocenters. The van der Waals surface area contributed by atoms with Crippen LogP contribution in [0.3, 0.4) is 0 Å². The number of aliphatic hydroxyl groups excluding tert-OH is 2. The lowest BCUT2D eigenvalue weighted by Gasteiger charge is -2.35. The number of phosphoric acid groups is 2. The van der Waals surface area contributed by atoms with Crippen molar-refractivity contribution in [3.05, 3.63) is 58.6 Å². The molecular formula is C16H30N6O12P2. The first kappa shape index (κ1) is 33.9. The van der Waals surface area contributed by atoms with Crippen LogP contribution in [0.25, 0.3) is 0 Å². The molecule has 0 amide bonds. The number of anilines is 1. The number of ether oxygens (including phenoxy) is 1. The number of nitrogens with one attached hydrogen (secondary N) is 1. The van der Waals surface area contributed by atoms with Gasteiger partial charge in [0.15, 0.2) is 12.0 Å². The van der Waals surface area contributed by atoms with Gasteiger partial charge in [-0.15, -0.1) is 0 Å². The van der Waals surface area contributed by atoms with Crippen molar-refractivity contribution in [2.75, 3.05) is 12.1 Å². The minimum Gasteiger partial charge on any atom is -0.790 e. The summed E-state index contributed by atoms with van der Waals surface area (Å²) in [4.78, 5) is 53.5. The molecule has 20 heteroatoms. The minimum atomic E-state index is -5.90. The second-order valence-electron chi connectivity index (χ2n) is 6.70. The maximum atomic E-state index is 12.3. The van der Waals surface area contributed by atoms with Gasteiger partial charge in [0.25, 0.3) is 7.82 Å². The Balaban J connectivity index is 0.00000408. The molecular weight excluding hydrogens is 530 g/mol. The van der Waals surface area contributed by atoms with E-state index in [2.05, 4.69) is 19.3 Å². The number of hydrogen-bond acceptors (Lipinski definition) is 14. The Morgan fingerprint density at radius 3 is 2.28 bits per heavy atom. The predicted octanol–water partition coefficient (Wildman–Crippen LogP) is -1.13. The number of nitrogens with zero attached hydrogens (tertiary/aromatic N) is 2. The van der Waals surface area contributed by atoms with E-state index < -0.39 is 52.5 Å². The van der Waals surface area contributed by atoms with Crippen molar-refractivity contribution >= 4 is 21.5 Å². The lowest BCUT2D eigenvalue weighted by molar-refractivity contribution is -0.339. The van der Waals surface area contributed by atoms with Crippen LogP contribution >= 0.6 is 15.6 Å². The Bertz CT molecular complexity index is 1100. The molecule has 1 aliphatic rings. The van der Waals surface area contributed by atoms with Crippen molar-refractivity contribution in [2.45, 2.75) is 31.1 Å². The van der Waals surface area contributed by atoms with E-state index in [1.54, 1.807) is 0 Å². The fourth-order valence-corrected chi connectivity index (χ4v) is 4.34. The summed E-state index contributed by atoms with van der Waals surface area (Å²) < 4.78 is 35.3. The Morgan fingerprint density at radius 2 is 1.69 bits per heavy atom. The first-order valence-corrected chi connectivity index (χ1v) is 12.1. The largest absolute Gasteiger partial charge is 0.790 e. The second-order valence-corrected chi connectivity index (χ2v) is 9.40. The number of aliphatic hydroxyl groups is 2. The molecule has 3 rings (SSSR count). The van der Waals surface area contributed by atoms with Crippen molar-refractivity contribution in [3.63, 3.8) is 0 Å². The van der Waals surface area contributed by atoms with E-state index in [0.717, 1.165) is 10.1 Å². The number of hydrogen-bond donors (Lipinski definition) is 6. The molecule has 1 saturated heterocycles. The zero-order valence-corrected chi connectivity index (χ0v) is 21.3. The summed E-state index contributed by atoms with van der Waals surface area (Å²) in [6.07, 6.45) is -5.26. The molecule has 1 aromatic heterocycles. The summed E-state index contributed by atoms with van der Waals surface area (Å²) >= 11 is 0. The van der Waals surface area contributed by atoms with Crippen LogP contribution in [0.15, 0.2) is 47.4 Å². The predicted molar refractivity (Wildman–Crippen MR) is 119 cm³/mol. The van der Waals surface area contributed by atoms with Crippen LogP contribution in [-0.4, -0.2) is 44.7 Å². The van der Waals surface area contributed by atoms with E-state index in [1.807, 2.05) is 30.3 Å². The van der Waals surface area contributed by atoms with Gasteiger partial charge in [-0.05, 0) is 11.6 Å². The third kappa shape index (κ3) is 9.40. The van der Waals surface area contributed by atoms with Gasteiger partial charge < -0.3 is 57.2 Å². The highest BCUT2D eigenvalue weighted by molar-refractivity contribution is 7.58. The minimum absolute atomic E-state index is 0. The van der Waals surface area contributed by atoms with Crippen LogP contribution < -0.4 is 44.3 Å². The average Bonchev–Trinajstić information content (AvgIpc) is 3.00. The number of phosphoric ester groups is 1. The van der Waals surface area contributed by atoms with E-state index >= 15 is 0 Å². The molecule has 2 aromatic rings. The fourth-order valence-electron chi connectivity index (χ4n) is 2.84. The Morgan fingerprint density at radius 1 is 1.06 bits per heavy atom. The number of quaternary nitrogens is 3. The molecule has 0 saturated carbocycles. The molecule has 1 aliphatic heterocycles. The molecule has 36 heavy (non-hydrogen) atoms. The summed E-state index contributed by atoms with van der Waals surface area (Å²) in [5.74, 6) is 0.0456. The number of aromatic nitrogens is 2. The topological polar surface area (TPSA) is 337 Å². The van der Waals surface area contributed by atoms with Gasteiger partial charge in [-0.25, -0.2) is 10.3 Å². The normalized spacial score (nSPS) is 22.9. The number of rotatable bonds is 10. The Hall–Kier alpha value is -2.12. The SMILES string of the molecule is O=c1nc(NOCc2ccccc2)ccn1[C@@H]1O[C@H](COP(=O)([O-])OP(=O)([O-])[O-])[C@@H](O)[C@H]1O.[NH4+].[NH4+].[NH4+]. The van der Waals surface area contributed by atoms with Gasteiger partial charge in [0, 0.05) is 6.20 Å². The molecule has 0 spiro atoms. The molecule has 0 radical (unpaired) electrons. The zero-order chi connectivity index (χ0) is 24.2. The van der Waals surface area contributed by atoms with E-state index in [-0.39, 0.29) is 30.9 Å². The fraction of sp³-hybridized carbons (Fsp3) is 0.375. The summed E-state index contributed by atoms with van der Waals surface area (Å²) in [6.45, 7) is -0.823. The van der Waals surface area contributed by atoms with Crippen LogP contribution in [0.2, 0.25) is 0 Å². The molecule has 0 aliphatic carbocycles. The van der Waals surface area contributed by atoms with E-state index in [9.17, 15) is 38.8 Å². The highest BCUT2D eigenvalue weighted by Gasteiger charge is 2.44. The molecule has 1 aromatic carbocycles. The van der Waals surface area contributed by atoms with Crippen molar-refractivity contribution in [1.82, 2.24) is 28.0 Å². The summed E-state index contributed by atoms with van der Waals surface area (Å²) in [7, 11) is -11.5. The quantitative estimate of drug-likeness (QED) is 0.148. The second kappa shape index (κ2) is 14.0. The Labute approximate surface area is 204 Å². The maximum Gasteiger partial charge on any atom is 0.351 e. The molecule has 1 fully saturated rings. The van der Waals surface area contributed by atoms with Gasteiger partial charge in [-0.1, -0.05) is 30.3 Å². The monoisotopic (exact) mass is 560 g/mol. The van der Waals surface area contributed by atoms with Gasteiger partial charge in [0.2, 0.25) is 0 Å². The highest BCUT2D eigenvalue weighted by atomic mass is 31.3. The van der Waals surface area contributed by atoms with Gasteiger partial charge in [-0.2, -0.15) is 4.98 Å². The molecule has 15 N–H and O–H groups in total. The van der Waals surface area contributed by atoms with E-state index in [1.165, 1.54) is 12.3 Å². The lowest BCUT2D eigenvalue weighted by Crippen LogP contribution is -2.36. The molecule has 5 atom stereocenters. The standard InChI is InChI=1S/C16H21N3O12P2.3H3N/c20-13-11(9-29-33(26,27)31-32(23,24)25)30-15(14(13)21)19-7-6-12(17-16(19)22)18-28-8-10-4-2-1-3-5-10;;;/h1-7,11,13-15,20-21H,8-9H2,(H,26,27)(H,17,18,22)(H2,23,24,25);3*1H3/t11-,13-,14-,15-;;;/m1.../s1. The van der Waals surface area contributed by atoms with Crippen LogP contribution in [0.5, 0.6) is 0 Å². The third-order valence-electron chi connectivity index (χ3n) is 4.30. The van der Waals surface area contributed by atoms with Crippen molar-refractivity contribution in [2.24, 2.45) is 0 Å². The maximum absolute atomic E-state index is 12.3. The third-order valence-corrected chi connectivity index (χ3v) is 6.36. The summed E-state index contributed by atoms with van der Waals surface area (Å²) in [6, 6.07) is 10.5. The molecule has 0 bridgehead atoms. The van der Waals surface area contributed by atoms with E-state index in [0.29, 0.717) is 0 Å². The van der Waals surface area contributed by atoms with Crippen LogP contribution in [0.4, 0.5) is 5.82 Å². The molecule has 2 heterocycles. The van der Waals surface area contributed by atoms with Crippen molar-refractivity contribution in [1.29, 1.82) is 0 Å². The molecule has 206 valence electrons. The van der Waals surface area contributed by atoms with Crippen molar-refractivity contribution < 1.29 is 52.4 Å². The number of benzene rings is 1. The Kier molecular flexibility index (Phi) is 13.2. The first-order valence-electron chi connectivity index (χ1n) is 9.17.